The number of ether oxygens (including phenoxy) is 1. The van der Waals surface area contributed by atoms with E-state index in [0.29, 0.717) is 17.7 Å². The van der Waals surface area contributed by atoms with Crippen LogP contribution in [0.1, 0.15) is 37.8 Å². The Kier molecular flexibility index (Phi) is 4.30. The van der Waals surface area contributed by atoms with Crippen LogP contribution in [0, 0.1) is 5.82 Å². The van der Waals surface area contributed by atoms with Gasteiger partial charge in [0.15, 0.2) is 0 Å². The first-order valence-electron chi connectivity index (χ1n) is 5.57. The smallest absolute Gasteiger partial charge is 0.130 e. The van der Waals surface area contributed by atoms with Crippen LogP contribution in [0.3, 0.4) is 0 Å². The molecular weight excluding hydrogens is 205 g/mol. The Morgan fingerprint density at radius 3 is 2.38 bits per heavy atom. The fraction of sp³-hybridized carbons (Fsp3) is 0.538. The highest BCUT2D eigenvalue weighted by atomic mass is 19.1. The minimum atomic E-state index is -0.204. The van der Waals surface area contributed by atoms with Gasteiger partial charge >= 0.3 is 0 Å². The molecule has 0 radical (unpaired) electrons. The summed E-state index contributed by atoms with van der Waals surface area (Å²) < 4.78 is 19.1. The lowest BCUT2D eigenvalue weighted by Gasteiger charge is -2.15. The van der Waals surface area contributed by atoms with Crippen LogP contribution in [0.4, 0.5) is 4.39 Å². The van der Waals surface area contributed by atoms with Crippen molar-refractivity contribution in [3.63, 3.8) is 0 Å². The topological polar surface area (TPSA) is 35.2 Å². The highest BCUT2D eigenvalue weighted by Gasteiger charge is 2.15. The molecule has 3 heteroatoms. The number of methoxy groups -OCH3 is 1. The monoisotopic (exact) mass is 225 g/mol. The maximum absolute atomic E-state index is 13.9. The van der Waals surface area contributed by atoms with Gasteiger partial charge in [0.05, 0.1) is 7.11 Å². The summed E-state index contributed by atoms with van der Waals surface area (Å²) in [4.78, 5) is 0. The van der Waals surface area contributed by atoms with Crippen molar-refractivity contribution < 1.29 is 9.13 Å². The van der Waals surface area contributed by atoms with E-state index in [9.17, 15) is 4.39 Å². The summed E-state index contributed by atoms with van der Waals surface area (Å²) in [6, 6.07) is 3.46. The second kappa shape index (κ2) is 5.30. The summed E-state index contributed by atoms with van der Waals surface area (Å²) >= 11 is 0. The number of hydrogen-bond donors (Lipinski definition) is 1. The molecule has 1 aromatic carbocycles. The van der Waals surface area contributed by atoms with E-state index in [0.717, 1.165) is 5.56 Å². The summed E-state index contributed by atoms with van der Waals surface area (Å²) in [7, 11) is 1.57. The molecule has 0 saturated carbocycles. The fourth-order valence-electron chi connectivity index (χ4n) is 1.86. The van der Waals surface area contributed by atoms with Crippen molar-refractivity contribution in [1.29, 1.82) is 0 Å². The van der Waals surface area contributed by atoms with Gasteiger partial charge in [0.2, 0.25) is 0 Å². The highest BCUT2D eigenvalue weighted by Crippen LogP contribution is 2.30. The zero-order chi connectivity index (χ0) is 12.3. The van der Waals surface area contributed by atoms with Gasteiger partial charge < -0.3 is 10.5 Å². The SMILES string of the molecule is COc1cc(CC(C)N)cc(F)c1C(C)C. The molecule has 16 heavy (non-hydrogen) atoms. The second-order valence-electron chi connectivity index (χ2n) is 4.53. The van der Waals surface area contributed by atoms with Crippen LogP contribution in [-0.2, 0) is 6.42 Å². The third-order valence-corrected chi connectivity index (χ3v) is 2.51. The van der Waals surface area contributed by atoms with Crippen molar-refractivity contribution >= 4 is 0 Å². The summed E-state index contributed by atoms with van der Waals surface area (Å²) in [5, 5.41) is 0. The van der Waals surface area contributed by atoms with Crippen molar-refractivity contribution in [2.75, 3.05) is 7.11 Å². The maximum Gasteiger partial charge on any atom is 0.130 e. The van der Waals surface area contributed by atoms with Crippen LogP contribution in [0.25, 0.3) is 0 Å². The Morgan fingerprint density at radius 2 is 1.94 bits per heavy atom. The van der Waals surface area contributed by atoms with E-state index in [2.05, 4.69) is 0 Å². The molecule has 0 aliphatic rings. The van der Waals surface area contributed by atoms with Crippen molar-refractivity contribution in [3.05, 3.63) is 29.1 Å². The summed E-state index contributed by atoms with van der Waals surface area (Å²) in [6.07, 6.45) is 0.658. The first-order chi connectivity index (χ1) is 7.45. The molecule has 1 aromatic rings. The number of benzene rings is 1. The predicted octanol–water partition coefficient (Wildman–Crippen LogP) is 2.85. The molecule has 2 N–H and O–H groups in total. The molecule has 2 nitrogen and oxygen atoms in total. The molecule has 90 valence electrons. The van der Waals surface area contributed by atoms with E-state index in [1.165, 1.54) is 0 Å². The van der Waals surface area contributed by atoms with Gasteiger partial charge in [0, 0.05) is 11.6 Å². The molecular formula is C13H20FNO. The lowest BCUT2D eigenvalue weighted by molar-refractivity contribution is 0.400. The molecule has 1 rings (SSSR count). The summed E-state index contributed by atoms with van der Waals surface area (Å²) in [5.74, 6) is 0.523. The zero-order valence-electron chi connectivity index (χ0n) is 10.4. The van der Waals surface area contributed by atoms with E-state index < -0.39 is 0 Å². The minimum Gasteiger partial charge on any atom is -0.496 e. The average molecular weight is 225 g/mol. The molecule has 0 saturated heterocycles. The van der Waals surface area contributed by atoms with Gasteiger partial charge in [0.1, 0.15) is 11.6 Å². The van der Waals surface area contributed by atoms with E-state index in [1.807, 2.05) is 26.8 Å². The van der Waals surface area contributed by atoms with E-state index in [1.54, 1.807) is 13.2 Å². The maximum atomic E-state index is 13.9. The minimum absolute atomic E-state index is 0.0222. The Balaban J connectivity index is 3.16. The lowest BCUT2D eigenvalue weighted by Crippen LogP contribution is -2.18. The van der Waals surface area contributed by atoms with Crippen LogP contribution >= 0.6 is 0 Å². The highest BCUT2D eigenvalue weighted by molar-refractivity contribution is 5.41. The number of nitrogens with two attached hydrogens (primary N) is 1. The third-order valence-electron chi connectivity index (χ3n) is 2.51. The predicted molar refractivity (Wildman–Crippen MR) is 64.4 cm³/mol. The number of hydrogen-bond acceptors (Lipinski definition) is 2. The van der Waals surface area contributed by atoms with Gasteiger partial charge in [-0.05, 0) is 37.0 Å². The molecule has 0 bridgehead atoms. The first kappa shape index (κ1) is 13.0. The summed E-state index contributed by atoms with van der Waals surface area (Å²) in [5.41, 5.74) is 7.22. The summed E-state index contributed by atoms with van der Waals surface area (Å²) in [6.45, 7) is 5.80. The number of halogens is 1. The lowest BCUT2D eigenvalue weighted by atomic mass is 9.97. The largest absolute Gasteiger partial charge is 0.496 e. The molecule has 0 aliphatic carbocycles. The standard InChI is InChI=1S/C13H20FNO/c1-8(2)13-11(14)6-10(5-9(3)15)7-12(13)16-4/h6-9H,5,15H2,1-4H3. The molecule has 0 amide bonds. The second-order valence-corrected chi connectivity index (χ2v) is 4.53. The average Bonchev–Trinajstić information content (AvgIpc) is 2.14. The Labute approximate surface area is 96.6 Å². The van der Waals surface area contributed by atoms with E-state index in [4.69, 9.17) is 10.5 Å². The van der Waals surface area contributed by atoms with Crippen molar-refractivity contribution in [2.24, 2.45) is 5.73 Å². The van der Waals surface area contributed by atoms with Gasteiger partial charge in [0.25, 0.3) is 0 Å². The molecule has 0 aliphatic heterocycles. The van der Waals surface area contributed by atoms with Gasteiger partial charge in [-0.3, -0.25) is 0 Å². The Bertz CT molecular complexity index is 361. The molecule has 0 spiro atoms. The molecule has 0 fully saturated rings. The van der Waals surface area contributed by atoms with Crippen LogP contribution in [0.2, 0.25) is 0 Å². The van der Waals surface area contributed by atoms with Crippen LogP contribution in [0.5, 0.6) is 5.75 Å². The normalized spacial score (nSPS) is 12.9. The Hall–Kier alpha value is -1.09. The zero-order valence-corrected chi connectivity index (χ0v) is 10.4. The van der Waals surface area contributed by atoms with Gasteiger partial charge in [-0.15, -0.1) is 0 Å². The molecule has 1 atom stereocenters. The van der Waals surface area contributed by atoms with Gasteiger partial charge in [-0.2, -0.15) is 0 Å². The van der Waals surface area contributed by atoms with Crippen molar-refractivity contribution in [3.8, 4) is 5.75 Å². The van der Waals surface area contributed by atoms with Crippen LogP contribution in [0.15, 0.2) is 12.1 Å². The molecule has 0 heterocycles. The van der Waals surface area contributed by atoms with Crippen molar-refractivity contribution in [2.45, 2.75) is 39.2 Å². The quantitative estimate of drug-likeness (QED) is 0.855. The fourth-order valence-corrected chi connectivity index (χ4v) is 1.86. The van der Waals surface area contributed by atoms with Crippen molar-refractivity contribution in [1.82, 2.24) is 0 Å². The van der Waals surface area contributed by atoms with Crippen LogP contribution in [-0.4, -0.2) is 13.2 Å². The molecule has 0 aromatic heterocycles. The third kappa shape index (κ3) is 2.95. The first-order valence-corrected chi connectivity index (χ1v) is 5.57. The number of rotatable bonds is 4. The Morgan fingerprint density at radius 1 is 1.31 bits per heavy atom. The van der Waals surface area contributed by atoms with E-state index >= 15 is 0 Å². The molecule has 1 unspecified atom stereocenters. The van der Waals surface area contributed by atoms with Gasteiger partial charge in [-0.1, -0.05) is 13.8 Å². The van der Waals surface area contributed by atoms with Crippen LogP contribution < -0.4 is 10.5 Å². The van der Waals surface area contributed by atoms with Gasteiger partial charge in [-0.25, -0.2) is 4.39 Å². The van der Waals surface area contributed by atoms with E-state index in [-0.39, 0.29) is 17.8 Å².